The molecule has 1 heterocycles. The SMILES string of the molecule is CCCCCN1CC(C2CC2)NCC1(C)c1ccccc1. The van der Waals surface area contributed by atoms with Gasteiger partial charge in [-0.3, -0.25) is 4.90 Å². The zero-order valence-corrected chi connectivity index (χ0v) is 13.6. The molecular weight excluding hydrogens is 256 g/mol. The molecule has 1 aromatic rings. The fourth-order valence-corrected chi connectivity index (χ4v) is 3.73. The van der Waals surface area contributed by atoms with Crippen molar-refractivity contribution >= 4 is 0 Å². The third-order valence-electron chi connectivity index (χ3n) is 5.44. The molecule has 0 bridgehead atoms. The standard InChI is InChI=1S/C19H30N2/c1-3-4-8-13-21-14-18(16-11-12-16)20-15-19(21,2)17-9-6-5-7-10-17/h5-7,9-10,16,18,20H,3-4,8,11-15H2,1-2H3. The molecule has 0 aromatic heterocycles. The Morgan fingerprint density at radius 3 is 2.62 bits per heavy atom. The smallest absolute Gasteiger partial charge is 0.0558 e. The van der Waals surface area contributed by atoms with Crippen LogP contribution in [0.15, 0.2) is 30.3 Å². The topological polar surface area (TPSA) is 15.3 Å². The summed E-state index contributed by atoms with van der Waals surface area (Å²) in [6.45, 7) is 8.26. The number of piperazine rings is 1. The summed E-state index contributed by atoms with van der Waals surface area (Å²) < 4.78 is 0. The van der Waals surface area contributed by atoms with Gasteiger partial charge in [0.15, 0.2) is 0 Å². The molecule has 1 saturated heterocycles. The highest BCUT2D eigenvalue weighted by Crippen LogP contribution is 2.38. The number of nitrogens with zero attached hydrogens (tertiary/aromatic N) is 1. The largest absolute Gasteiger partial charge is 0.310 e. The molecule has 1 saturated carbocycles. The highest BCUT2D eigenvalue weighted by atomic mass is 15.3. The van der Waals surface area contributed by atoms with E-state index in [-0.39, 0.29) is 5.54 Å². The third kappa shape index (κ3) is 3.32. The monoisotopic (exact) mass is 286 g/mol. The van der Waals surface area contributed by atoms with Crippen molar-refractivity contribution in [3.63, 3.8) is 0 Å². The first-order valence-corrected chi connectivity index (χ1v) is 8.78. The molecule has 0 radical (unpaired) electrons. The molecule has 1 aliphatic heterocycles. The van der Waals surface area contributed by atoms with Gasteiger partial charge >= 0.3 is 0 Å². The van der Waals surface area contributed by atoms with E-state index in [4.69, 9.17) is 0 Å². The first-order chi connectivity index (χ1) is 10.2. The van der Waals surface area contributed by atoms with Gasteiger partial charge in [-0.15, -0.1) is 0 Å². The molecule has 2 atom stereocenters. The summed E-state index contributed by atoms with van der Waals surface area (Å²) in [4.78, 5) is 2.76. The Balaban J connectivity index is 1.75. The number of benzene rings is 1. The van der Waals surface area contributed by atoms with Gasteiger partial charge in [0.05, 0.1) is 5.54 Å². The van der Waals surface area contributed by atoms with Gasteiger partial charge in [0.25, 0.3) is 0 Å². The van der Waals surface area contributed by atoms with Gasteiger partial charge in [0.2, 0.25) is 0 Å². The molecule has 2 heteroatoms. The number of hydrogen-bond acceptors (Lipinski definition) is 2. The van der Waals surface area contributed by atoms with Crippen LogP contribution < -0.4 is 5.32 Å². The lowest BCUT2D eigenvalue weighted by Gasteiger charge is -2.49. The minimum atomic E-state index is 0.153. The predicted molar refractivity (Wildman–Crippen MR) is 89.4 cm³/mol. The lowest BCUT2D eigenvalue weighted by Crippen LogP contribution is -2.62. The van der Waals surface area contributed by atoms with Gasteiger partial charge in [-0.1, -0.05) is 50.1 Å². The van der Waals surface area contributed by atoms with E-state index in [9.17, 15) is 0 Å². The van der Waals surface area contributed by atoms with Crippen LogP contribution >= 0.6 is 0 Å². The van der Waals surface area contributed by atoms with Crippen LogP contribution in [0.25, 0.3) is 0 Å². The Labute approximate surface area is 129 Å². The van der Waals surface area contributed by atoms with Gasteiger partial charge in [-0.25, -0.2) is 0 Å². The van der Waals surface area contributed by atoms with Crippen molar-refractivity contribution in [3.8, 4) is 0 Å². The molecule has 2 unspecified atom stereocenters. The van der Waals surface area contributed by atoms with Crippen LogP contribution in [0.1, 0.15) is 51.5 Å². The van der Waals surface area contributed by atoms with Crippen molar-refractivity contribution in [2.45, 2.75) is 57.5 Å². The Morgan fingerprint density at radius 2 is 1.95 bits per heavy atom. The number of rotatable bonds is 6. The van der Waals surface area contributed by atoms with Crippen LogP contribution in [0.5, 0.6) is 0 Å². The summed E-state index contributed by atoms with van der Waals surface area (Å²) in [6.07, 6.45) is 6.85. The van der Waals surface area contributed by atoms with E-state index in [1.807, 2.05) is 0 Å². The maximum Gasteiger partial charge on any atom is 0.0558 e. The van der Waals surface area contributed by atoms with E-state index in [2.05, 4.69) is 54.4 Å². The van der Waals surface area contributed by atoms with Gasteiger partial charge in [0.1, 0.15) is 0 Å². The maximum absolute atomic E-state index is 3.85. The van der Waals surface area contributed by atoms with Gasteiger partial charge < -0.3 is 5.32 Å². The molecule has 21 heavy (non-hydrogen) atoms. The molecule has 1 N–H and O–H groups in total. The van der Waals surface area contributed by atoms with Crippen LogP contribution in [0.3, 0.4) is 0 Å². The summed E-state index contributed by atoms with van der Waals surface area (Å²) in [7, 11) is 0. The highest BCUT2D eigenvalue weighted by molar-refractivity contribution is 5.25. The van der Waals surface area contributed by atoms with Crippen molar-refractivity contribution in [3.05, 3.63) is 35.9 Å². The first-order valence-electron chi connectivity index (χ1n) is 8.78. The Bertz CT molecular complexity index is 440. The Morgan fingerprint density at radius 1 is 1.19 bits per heavy atom. The summed E-state index contributed by atoms with van der Waals surface area (Å²) in [5.41, 5.74) is 1.61. The molecule has 0 spiro atoms. The summed E-state index contributed by atoms with van der Waals surface area (Å²) in [6, 6.07) is 11.8. The third-order valence-corrected chi connectivity index (χ3v) is 5.44. The zero-order chi connectivity index (χ0) is 14.7. The second-order valence-electron chi connectivity index (χ2n) is 7.12. The number of hydrogen-bond donors (Lipinski definition) is 1. The van der Waals surface area contributed by atoms with Gasteiger partial charge in [-0.2, -0.15) is 0 Å². The van der Waals surface area contributed by atoms with E-state index in [1.54, 1.807) is 0 Å². The van der Waals surface area contributed by atoms with Crippen molar-refractivity contribution in [1.82, 2.24) is 10.2 Å². The minimum absolute atomic E-state index is 0.153. The number of unbranched alkanes of at least 4 members (excludes halogenated alkanes) is 2. The molecule has 2 aliphatic rings. The van der Waals surface area contributed by atoms with Crippen molar-refractivity contribution in [1.29, 1.82) is 0 Å². The van der Waals surface area contributed by atoms with E-state index in [0.29, 0.717) is 0 Å². The van der Waals surface area contributed by atoms with Crippen LogP contribution in [-0.2, 0) is 5.54 Å². The van der Waals surface area contributed by atoms with Crippen molar-refractivity contribution in [2.24, 2.45) is 5.92 Å². The van der Waals surface area contributed by atoms with E-state index < -0.39 is 0 Å². The molecule has 116 valence electrons. The van der Waals surface area contributed by atoms with E-state index in [1.165, 1.54) is 50.8 Å². The lowest BCUT2D eigenvalue weighted by atomic mass is 9.86. The molecular formula is C19H30N2. The summed E-state index contributed by atoms with van der Waals surface area (Å²) >= 11 is 0. The molecule has 3 rings (SSSR count). The van der Waals surface area contributed by atoms with Crippen LogP contribution in [-0.4, -0.2) is 30.6 Å². The lowest BCUT2D eigenvalue weighted by molar-refractivity contribution is 0.0431. The fraction of sp³-hybridized carbons (Fsp3) is 0.684. The fourth-order valence-electron chi connectivity index (χ4n) is 3.73. The quantitative estimate of drug-likeness (QED) is 0.801. The van der Waals surface area contributed by atoms with Crippen molar-refractivity contribution in [2.75, 3.05) is 19.6 Å². The molecule has 1 aromatic carbocycles. The number of nitrogens with one attached hydrogen (secondary N) is 1. The Kier molecular flexibility index (Phi) is 4.66. The highest BCUT2D eigenvalue weighted by Gasteiger charge is 2.43. The minimum Gasteiger partial charge on any atom is -0.310 e. The summed E-state index contributed by atoms with van der Waals surface area (Å²) in [5.74, 6) is 0.944. The molecule has 1 aliphatic carbocycles. The van der Waals surface area contributed by atoms with Crippen LogP contribution in [0.4, 0.5) is 0 Å². The van der Waals surface area contributed by atoms with E-state index >= 15 is 0 Å². The zero-order valence-electron chi connectivity index (χ0n) is 13.6. The molecule has 0 amide bonds. The first kappa shape index (κ1) is 15.1. The van der Waals surface area contributed by atoms with Crippen LogP contribution in [0, 0.1) is 5.92 Å². The normalized spacial score (nSPS) is 30.5. The van der Waals surface area contributed by atoms with Gasteiger partial charge in [0, 0.05) is 19.1 Å². The molecule has 2 fully saturated rings. The average molecular weight is 286 g/mol. The van der Waals surface area contributed by atoms with Crippen molar-refractivity contribution < 1.29 is 0 Å². The maximum atomic E-state index is 3.85. The predicted octanol–water partition coefficient (Wildman–Crippen LogP) is 3.78. The molecule has 2 nitrogen and oxygen atoms in total. The summed E-state index contributed by atoms with van der Waals surface area (Å²) in [5, 5.41) is 3.85. The Hall–Kier alpha value is -0.860. The average Bonchev–Trinajstić information content (AvgIpc) is 3.35. The second-order valence-corrected chi connectivity index (χ2v) is 7.12. The van der Waals surface area contributed by atoms with Gasteiger partial charge in [-0.05, 0) is 44.2 Å². The van der Waals surface area contributed by atoms with Crippen LogP contribution in [0.2, 0.25) is 0 Å². The van der Waals surface area contributed by atoms with E-state index in [0.717, 1.165) is 18.5 Å². The second kappa shape index (κ2) is 6.50.